The summed E-state index contributed by atoms with van der Waals surface area (Å²) < 4.78 is 51.5. The first-order valence-corrected chi connectivity index (χ1v) is 9.31. The maximum atomic E-state index is 13.5. The van der Waals surface area contributed by atoms with Crippen molar-refractivity contribution in [1.82, 2.24) is 4.31 Å². The molecule has 7 heteroatoms. The first-order chi connectivity index (χ1) is 11.9. The van der Waals surface area contributed by atoms with Gasteiger partial charge in [0.1, 0.15) is 5.82 Å². The SMILES string of the molecule is COc1cc(C)c(S(=O)(=O)N2CCc3ccc(F)cc3C2)cc1OC. The number of methoxy groups -OCH3 is 2. The summed E-state index contributed by atoms with van der Waals surface area (Å²) in [6.07, 6.45) is 0.557. The van der Waals surface area contributed by atoms with Gasteiger partial charge in [-0.05, 0) is 48.2 Å². The standard InChI is InChI=1S/C18H20FNO4S/c1-12-8-16(23-2)17(24-3)10-18(12)25(21,22)20-7-6-13-4-5-15(19)9-14(13)11-20/h4-5,8-10H,6-7,11H2,1-3H3. The number of hydrogen-bond donors (Lipinski definition) is 0. The topological polar surface area (TPSA) is 55.8 Å². The molecule has 5 nitrogen and oxygen atoms in total. The predicted octanol–water partition coefficient (Wildman–Crippen LogP) is 2.90. The molecule has 1 heterocycles. The average Bonchev–Trinajstić information content (AvgIpc) is 2.60. The summed E-state index contributed by atoms with van der Waals surface area (Å²) in [4.78, 5) is 0.171. The van der Waals surface area contributed by atoms with Crippen LogP contribution in [0.15, 0.2) is 35.2 Å². The van der Waals surface area contributed by atoms with Crippen LogP contribution in [-0.4, -0.2) is 33.5 Å². The summed E-state index contributed by atoms with van der Waals surface area (Å²) in [5.74, 6) is 0.473. The normalized spacial score (nSPS) is 14.9. The quantitative estimate of drug-likeness (QED) is 0.836. The molecular formula is C18H20FNO4S. The van der Waals surface area contributed by atoms with Gasteiger partial charge in [0.15, 0.2) is 11.5 Å². The highest BCUT2D eigenvalue weighted by atomic mass is 32.2. The molecule has 0 atom stereocenters. The van der Waals surface area contributed by atoms with E-state index in [-0.39, 0.29) is 17.3 Å². The maximum absolute atomic E-state index is 13.5. The summed E-state index contributed by atoms with van der Waals surface area (Å²) in [6.45, 7) is 2.23. The Labute approximate surface area is 147 Å². The Morgan fingerprint density at radius 2 is 1.72 bits per heavy atom. The number of sulfonamides is 1. The summed E-state index contributed by atoms with van der Waals surface area (Å²) in [6, 6.07) is 7.64. The van der Waals surface area contributed by atoms with Crippen molar-refractivity contribution in [1.29, 1.82) is 0 Å². The van der Waals surface area contributed by atoms with Crippen LogP contribution < -0.4 is 9.47 Å². The Hall–Kier alpha value is -2.12. The van der Waals surface area contributed by atoms with Crippen molar-refractivity contribution < 1.29 is 22.3 Å². The number of aryl methyl sites for hydroxylation is 1. The zero-order valence-electron chi connectivity index (χ0n) is 14.4. The molecule has 0 fully saturated rings. The van der Waals surface area contributed by atoms with Gasteiger partial charge in [-0.15, -0.1) is 0 Å². The van der Waals surface area contributed by atoms with Gasteiger partial charge in [-0.1, -0.05) is 6.07 Å². The van der Waals surface area contributed by atoms with Crippen LogP contribution in [0.5, 0.6) is 11.5 Å². The van der Waals surface area contributed by atoms with Gasteiger partial charge in [-0.25, -0.2) is 12.8 Å². The van der Waals surface area contributed by atoms with Crippen LogP contribution in [-0.2, 0) is 23.0 Å². The van der Waals surface area contributed by atoms with Crippen molar-refractivity contribution in [3.63, 3.8) is 0 Å². The molecule has 0 radical (unpaired) electrons. The Kier molecular flexibility index (Phi) is 4.71. The molecule has 134 valence electrons. The second-order valence-electron chi connectivity index (χ2n) is 5.97. The van der Waals surface area contributed by atoms with E-state index in [4.69, 9.17) is 9.47 Å². The van der Waals surface area contributed by atoms with Gasteiger partial charge < -0.3 is 9.47 Å². The highest BCUT2D eigenvalue weighted by molar-refractivity contribution is 7.89. The van der Waals surface area contributed by atoms with Crippen LogP contribution in [0.3, 0.4) is 0 Å². The lowest BCUT2D eigenvalue weighted by molar-refractivity contribution is 0.352. The van der Waals surface area contributed by atoms with E-state index in [2.05, 4.69) is 0 Å². The van der Waals surface area contributed by atoms with Crippen LogP contribution in [0.4, 0.5) is 4.39 Å². The van der Waals surface area contributed by atoms with E-state index in [1.807, 2.05) is 0 Å². The Bertz CT molecular complexity index is 912. The molecule has 1 aliphatic heterocycles. The van der Waals surface area contributed by atoms with Crippen molar-refractivity contribution >= 4 is 10.0 Å². The lowest BCUT2D eigenvalue weighted by Crippen LogP contribution is -2.36. The number of fused-ring (bicyclic) bond motifs is 1. The highest BCUT2D eigenvalue weighted by Gasteiger charge is 2.30. The first kappa shape index (κ1) is 17.7. The highest BCUT2D eigenvalue weighted by Crippen LogP contribution is 2.35. The zero-order valence-corrected chi connectivity index (χ0v) is 15.2. The number of rotatable bonds is 4. The second-order valence-corrected chi connectivity index (χ2v) is 7.88. The van der Waals surface area contributed by atoms with E-state index in [1.165, 1.54) is 36.7 Å². The molecule has 0 aromatic heterocycles. The molecule has 1 aliphatic rings. The van der Waals surface area contributed by atoms with Crippen LogP contribution in [0.1, 0.15) is 16.7 Å². The number of ether oxygens (including phenoxy) is 2. The van der Waals surface area contributed by atoms with Gasteiger partial charge in [0.2, 0.25) is 10.0 Å². The van der Waals surface area contributed by atoms with E-state index in [9.17, 15) is 12.8 Å². The van der Waals surface area contributed by atoms with Gasteiger partial charge in [0.25, 0.3) is 0 Å². The summed E-state index contributed by atoms with van der Waals surface area (Å²) in [5, 5.41) is 0. The van der Waals surface area contributed by atoms with E-state index in [0.29, 0.717) is 35.6 Å². The van der Waals surface area contributed by atoms with Crippen molar-refractivity contribution in [3.8, 4) is 11.5 Å². The lowest BCUT2D eigenvalue weighted by atomic mass is 10.0. The number of benzene rings is 2. The van der Waals surface area contributed by atoms with E-state index in [0.717, 1.165) is 5.56 Å². The van der Waals surface area contributed by atoms with Gasteiger partial charge in [-0.3, -0.25) is 0 Å². The lowest BCUT2D eigenvalue weighted by Gasteiger charge is -2.29. The van der Waals surface area contributed by atoms with Crippen LogP contribution >= 0.6 is 0 Å². The molecule has 0 N–H and O–H groups in total. The molecule has 0 spiro atoms. The number of hydrogen-bond acceptors (Lipinski definition) is 4. The zero-order chi connectivity index (χ0) is 18.2. The van der Waals surface area contributed by atoms with E-state index < -0.39 is 10.0 Å². The fourth-order valence-corrected chi connectivity index (χ4v) is 4.72. The Balaban J connectivity index is 2.00. The molecule has 0 saturated heterocycles. The van der Waals surface area contributed by atoms with Crippen molar-refractivity contribution in [2.24, 2.45) is 0 Å². The predicted molar refractivity (Wildman–Crippen MR) is 92.0 cm³/mol. The van der Waals surface area contributed by atoms with Gasteiger partial charge in [0.05, 0.1) is 19.1 Å². The minimum Gasteiger partial charge on any atom is -0.493 e. The molecule has 2 aromatic rings. The average molecular weight is 365 g/mol. The van der Waals surface area contributed by atoms with E-state index >= 15 is 0 Å². The second kappa shape index (κ2) is 6.65. The molecular weight excluding hydrogens is 345 g/mol. The molecule has 0 unspecified atom stereocenters. The third-order valence-corrected chi connectivity index (χ3v) is 6.43. The minimum absolute atomic E-state index is 0.156. The van der Waals surface area contributed by atoms with Gasteiger partial charge in [0, 0.05) is 19.2 Å². The number of nitrogens with zero attached hydrogens (tertiary/aromatic N) is 1. The Morgan fingerprint density at radius 3 is 2.40 bits per heavy atom. The van der Waals surface area contributed by atoms with Crippen molar-refractivity contribution in [2.45, 2.75) is 24.8 Å². The van der Waals surface area contributed by atoms with Crippen LogP contribution in [0.25, 0.3) is 0 Å². The minimum atomic E-state index is -3.73. The maximum Gasteiger partial charge on any atom is 0.243 e. The van der Waals surface area contributed by atoms with Crippen molar-refractivity contribution in [2.75, 3.05) is 20.8 Å². The van der Waals surface area contributed by atoms with Crippen molar-refractivity contribution in [3.05, 3.63) is 52.8 Å². The molecule has 3 rings (SSSR count). The third-order valence-electron chi connectivity index (χ3n) is 4.44. The Morgan fingerprint density at radius 1 is 1.04 bits per heavy atom. The van der Waals surface area contributed by atoms with Crippen LogP contribution in [0, 0.1) is 12.7 Å². The van der Waals surface area contributed by atoms with Gasteiger partial charge in [-0.2, -0.15) is 4.31 Å². The van der Waals surface area contributed by atoms with Crippen LogP contribution in [0.2, 0.25) is 0 Å². The molecule has 25 heavy (non-hydrogen) atoms. The molecule has 2 aromatic carbocycles. The summed E-state index contributed by atoms with van der Waals surface area (Å²) in [7, 11) is -0.767. The monoisotopic (exact) mass is 365 g/mol. The largest absolute Gasteiger partial charge is 0.493 e. The fourth-order valence-electron chi connectivity index (χ4n) is 3.08. The molecule has 0 saturated carbocycles. The molecule has 0 aliphatic carbocycles. The smallest absolute Gasteiger partial charge is 0.243 e. The fraction of sp³-hybridized carbons (Fsp3) is 0.333. The molecule has 0 bridgehead atoms. The third kappa shape index (κ3) is 3.21. The first-order valence-electron chi connectivity index (χ1n) is 7.87. The molecule has 0 amide bonds. The van der Waals surface area contributed by atoms with Gasteiger partial charge >= 0.3 is 0 Å². The summed E-state index contributed by atoms with van der Waals surface area (Å²) >= 11 is 0. The van der Waals surface area contributed by atoms with E-state index in [1.54, 1.807) is 19.1 Å². The summed E-state index contributed by atoms with van der Waals surface area (Å²) in [5.41, 5.74) is 2.26. The number of halogens is 1.